The van der Waals surface area contributed by atoms with Crippen LogP contribution in [0.2, 0.25) is 0 Å². The van der Waals surface area contributed by atoms with Gasteiger partial charge in [0, 0.05) is 17.3 Å². The summed E-state index contributed by atoms with van der Waals surface area (Å²) in [6, 6.07) is 7.55. The second-order valence-corrected chi connectivity index (χ2v) is 4.54. The molecule has 0 radical (unpaired) electrons. The lowest BCUT2D eigenvalue weighted by Crippen LogP contribution is -2.17. The fourth-order valence-corrected chi connectivity index (χ4v) is 1.48. The van der Waals surface area contributed by atoms with Gasteiger partial charge in [-0.1, -0.05) is 13.8 Å². The van der Waals surface area contributed by atoms with Crippen LogP contribution in [0.15, 0.2) is 41.3 Å². The average Bonchev–Trinajstić information content (AvgIpc) is 2.91. The van der Waals surface area contributed by atoms with Crippen LogP contribution < -0.4 is 10.6 Å². The number of carbonyl (C=O) groups excluding carboxylic acids is 1. The van der Waals surface area contributed by atoms with Crippen LogP contribution in [-0.4, -0.2) is 10.9 Å². The highest BCUT2D eigenvalue weighted by Crippen LogP contribution is 2.15. The summed E-state index contributed by atoms with van der Waals surface area (Å²) in [6.07, 6.45) is 3.08. The molecule has 1 aromatic carbocycles. The lowest BCUT2D eigenvalue weighted by molar-refractivity contribution is -0.118. The van der Waals surface area contributed by atoms with Gasteiger partial charge in [0.1, 0.15) is 5.76 Å². The molecule has 0 spiro atoms. The van der Waals surface area contributed by atoms with Crippen LogP contribution in [0, 0.1) is 5.92 Å². The molecule has 0 bridgehead atoms. The Labute approximate surface area is 112 Å². The second-order valence-electron chi connectivity index (χ2n) is 4.54. The smallest absolute Gasteiger partial charge is 0.226 e. The van der Waals surface area contributed by atoms with Crippen molar-refractivity contribution in [2.45, 2.75) is 20.4 Å². The number of rotatable bonds is 5. The van der Waals surface area contributed by atoms with Crippen molar-refractivity contribution in [1.29, 1.82) is 0 Å². The lowest BCUT2D eigenvalue weighted by Gasteiger charge is -2.09. The van der Waals surface area contributed by atoms with Crippen LogP contribution in [0.5, 0.6) is 0 Å². The summed E-state index contributed by atoms with van der Waals surface area (Å²) in [4.78, 5) is 15.4. The molecule has 0 aliphatic heterocycles. The molecule has 19 heavy (non-hydrogen) atoms. The first-order valence-electron chi connectivity index (χ1n) is 6.17. The van der Waals surface area contributed by atoms with E-state index in [1.54, 1.807) is 6.20 Å². The first kappa shape index (κ1) is 13.1. The van der Waals surface area contributed by atoms with Crippen molar-refractivity contribution in [3.63, 3.8) is 0 Å². The normalized spacial score (nSPS) is 10.5. The molecule has 5 heteroatoms. The van der Waals surface area contributed by atoms with Gasteiger partial charge < -0.3 is 15.1 Å². The zero-order chi connectivity index (χ0) is 13.7. The summed E-state index contributed by atoms with van der Waals surface area (Å²) >= 11 is 0. The molecule has 0 aliphatic rings. The number of hydrogen-bond acceptors (Lipinski definition) is 4. The molecule has 0 saturated heterocycles. The van der Waals surface area contributed by atoms with Crippen LogP contribution in [-0.2, 0) is 11.3 Å². The monoisotopic (exact) mass is 259 g/mol. The zero-order valence-corrected chi connectivity index (χ0v) is 11.0. The molecule has 5 nitrogen and oxygen atoms in total. The first-order chi connectivity index (χ1) is 9.15. The lowest BCUT2D eigenvalue weighted by atomic mass is 10.2. The Hall–Kier alpha value is -2.30. The van der Waals surface area contributed by atoms with Gasteiger partial charge in [-0.2, -0.15) is 0 Å². The summed E-state index contributed by atoms with van der Waals surface area (Å²) in [6.45, 7) is 4.31. The molecule has 1 heterocycles. The molecular weight excluding hydrogens is 242 g/mol. The van der Waals surface area contributed by atoms with Crippen LogP contribution >= 0.6 is 0 Å². The minimum Gasteiger partial charge on any atom is -0.447 e. The van der Waals surface area contributed by atoms with Crippen molar-refractivity contribution in [1.82, 2.24) is 4.98 Å². The molecule has 0 fully saturated rings. The van der Waals surface area contributed by atoms with E-state index in [1.807, 2.05) is 38.1 Å². The van der Waals surface area contributed by atoms with Crippen molar-refractivity contribution >= 4 is 17.3 Å². The predicted octanol–water partition coefficient (Wildman–Crippen LogP) is 2.88. The fourth-order valence-electron chi connectivity index (χ4n) is 1.48. The van der Waals surface area contributed by atoms with Gasteiger partial charge in [0.15, 0.2) is 6.39 Å². The summed E-state index contributed by atoms with van der Waals surface area (Å²) in [5.41, 5.74) is 1.75. The Bertz CT molecular complexity index is 518. The Morgan fingerprint density at radius 2 is 1.95 bits per heavy atom. The van der Waals surface area contributed by atoms with Gasteiger partial charge in [0.2, 0.25) is 5.91 Å². The Balaban J connectivity index is 1.89. The molecule has 2 aromatic rings. The van der Waals surface area contributed by atoms with E-state index in [-0.39, 0.29) is 11.8 Å². The maximum Gasteiger partial charge on any atom is 0.226 e. The predicted molar refractivity (Wildman–Crippen MR) is 73.7 cm³/mol. The molecule has 1 aromatic heterocycles. The molecule has 0 saturated carbocycles. The zero-order valence-electron chi connectivity index (χ0n) is 11.0. The largest absolute Gasteiger partial charge is 0.447 e. The quantitative estimate of drug-likeness (QED) is 0.866. The summed E-state index contributed by atoms with van der Waals surface area (Å²) < 4.78 is 5.13. The number of anilines is 2. The summed E-state index contributed by atoms with van der Waals surface area (Å²) in [7, 11) is 0. The van der Waals surface area contributed by atoms with Crippen molar-refractivity contribution in [2.75, 3.05) is 10.6 Å². The minimum atomic E-state index is -0.0238. The van der Waals surface area contributed by atoms with Gasteiger partial charge in [-0.05, 0) is 24.3 Å². The van der Waals surface area contributed by atoms with E-state index in [0.29, 0.717) is 6.54 Å². The average molecular weight is 259 g/mol. The molecule has 2 N–H and O–H groups in total. The highest BCUT2D eigenvalue weighted by atomic mass is 16.3. The van der Waals surface area contributed by atoms with Gasteiger partial charge >= 0.3 is 0 Å². The molecule has 100 valence electrons. The minimum absolute atomic E-state index is 0.0161. The second kappa shape index (κ2) is 6.04. The van der Waals surface area contributed by atoms with Gasteiger partial charge in [-0.3, -0.25) is 4.79 Å². The van der Waals surface area contributed by atoms with Crippen LogP contribution in [0.4, 0.5) is 11.4 Å². The third-order valence-corrected chi connectivity index (χ3v) is 2.63. The maximum atomic E-state index is 11.5. The standard InChI is InChI=1S/C14H17N3O2/c1-10(2)14(18)17-12-5-3-11(4-6-12)16-8-13-7-15-9-19-13/h3-7,9-10,16H,8H2,1-2H3,(H,17,18). The van der Waals surface area contributed by atoms with Crippen LogP contribution in [0.25, 0.3) is 0 Å². The van der Waals surface area contributed by atoms with Crippen LogP contribution in [0.3, 0.4) is 0 Å². The van der Waals surface area contributed by atoms with Gasteiger partial charge in [0.25, 0.3) is 0 Å². The van der Waals surface area contributed by atoms with Crippen LogP contribution in [0.1, 0.15) is 19.6 Å². The van der Waals surface area contributed by atoms with Gasteiger partial charge in [0.05, 0.1) is 12.7 Å². The van der Waals surface area contributed by atoms with E-state index in [2.05, 4.69) is 15.6 Å². The van der Waals surface area contributed by atoms with Gasteiger partial charge in [-0.15, -0.1) is 0 Å². The number of hydrogen-bond donors (Lipinski definition) is 2. The van der Waals surface area contributed by atoms with E-state index in [4.69, 9.17) is 4.42 Å². The number of benzene rings is 1. The SMILES string of the molecule is CC(C)C(=O)Nc1ccc(NCc2cnco2)cc1. The third-order valence-electron chi connectivity index (χ3n) is 2.63. The Morgan fingerprint density at radius 3 is 2.53 bits per heavy atom. The Kier molecular flexibility index (Phi) is 4.18. The van der Waals surface area contributed by atoms with Crippen molar-refractivity contribution in [3.05, 3.63) is 42.6 Å². The van der Waals surface area contributed by atoms with E-state index >= 15 is 0 Å². The van der Waals surface area contributed by atoms with Gasteiger partial charge in [-0.25, -0.2) is 4.98 Å². The molecule has 0 aliphatic carbocycles. The molecular formula is C14H17N3O2. The van der Waals surface area contributed by atoms with Crippen molar-refractivity contribution in [3.8, 4) is 0 Å². The molecule has 1 amide bonds. The van der Waals surface area contributed by atoms with E-state index in [1.165, 1.54) is 6.39 Å². The third kappa shape index (κ3) is 3.84. The highest BCUT2D eigenvalue weighted by molar-refractivity contribution is 5.92. The Morgan fingerprint density at radius 1 is 1.26 bits per heavy atom. The number of oxazole rings is 1. The number of nitrogens with zero attached hydrogens (tertiary/aromatic N) is 1. The number of amides is 1. The maximum absolute atomic E-state index is 11.5. The van der Waals surface area contributed by atoms with Crippen molar-refractivity contribution in [2.24, 2.45) is 5.92 Å². The highest BCUT2D eigenvalue weighted by Gasteiger charge is 2.06. The molecule has 0 atom stereocenters. The number of aromatic nitrogens is 1. The molecule has 2 rings (SSSR count). The summed E-state index contributed by atoms with van der Waals surface area (Å²) in [5, 5.41) is 6.05. The first-order valence-corrected chi connectivity index (χ1v) is 6.17. The topological polar surface area (TPSA) is 67.2 Å². The van der Waals surface area contributed by atoms with E-state index in [0.717, 1.165) is 17.1 Å². The number of nitrogens with one attached hydrogen (secondary N) is 2. The molecule has 0 unspecified atom stereocenters. The summed E-state index contributed by atoms with van der Waals surface area (Å²) in [5.74, 6) is 0.767. The fraction of sp³-hybridized carbons (Fsp3) is 0.286. The number of carbonyl (C=O) groups is 1. The van der Waals surface area contributed by atoms with E-state index < -0.39 is 0 Å². The van der Waals surface area contributed by atoms with Crippen molar-refractivity contribution < 1.29 is 9.21 Å². The van der Waals surface area contributed by atoms with E-state index in [9.17, 15) is 4.79 Å².